The van der Waals surface area contributed by atoms with Crippen molar-refractivity contribution in [3.8, 4) is 0 Å². The Bertz CT molecular complexity index is 957. The molecule has 128 valence electrons. The predicted octanol–water partition coefficient (Wildman–Crippen LogP) is 2.97. The fourth-order valence-electron chi connectivity index (χ4n) is 2.26. The zero-order valence-electron chi connectivity index (χ0n) is 12.7. The molecule has 1 aromatic heterocycles. The number of benzene rings is 2. The second kappa shape index (κ2) is 7.35. The van der Waals surface area contributed by atoms with Crippen molar-refractivity contribution in [1.82, 2.24) is 15.4 Å². The van der Waals surface area contributed by atoms with Gasteiger partial charge in [0.1, 0.15) is 0 Å². The Morgan fingerprint density at radius 2 is 1.84 bits per heavy atom. The van der Waals surface area contributed by atoms with Crippen molar-refractivity contribution in [3.05, 3.63) is 69.5 Å². The van der Waals surface area contributed by atoms with E-state index in [2.05, 4.69) is 15.4 Å². The summed E-state index contributed by atoms with van der Waals surface area (Å²) in [6.07, 6.45) is 0.322. The van der Waals surface area contributed by atoms with Gasteiger partial charge in [-0.2, -0.15) is 15.4 Å². The summed E-state index contributed by atoms with van der Waals surface area (Å²) in [5.41, 5.74) is 6.55. The van der Waals surface area contributed by atoms with Crippen LogP contribution < -0.4 is 5.73 Å². The van der Waals surface area contributed by atoms with Crippen molar-refractivity contribution in [2.24, 2.45) is 5.73 Å². The van der Waals surface area contributed by atoms with E-state index < -0.39 is 16.7 Å². The number of carbonyl (C=O) groups excluding carboxylic acids is 1. The monoisotopic (exact) mass is 394 g/mol. The summed E-state index contributed by atoms with van der Waals surface area (Å²) in [5, 5.41) is 10.9. The molecule has 0 saturated heterocycles. The third-order valence-electron chi connectivity index (χ3n) is 3.45. The molecule has 9 heteroatoms. The standard InChI is InChI=1S/C16H12Cl2N4O2S/c17-10-2-4-11(5-3-10)25(24)14-6-1-9(7-12(14)18)8-13-15(16(19)23)21-22-20-13/h1-7H,8H2,(H2,19,23)(H,20,21,22). The number of nitrogens with one attached hydrogen (secondary N) is 1. The lowest BCUT2D eigenvalue weighted by Gasteiger charge is -2.07. The van der Waals surface area contributed by atoms with E-state index in [4.69, 9.17) is 28.9 Å². The summed E-state index contributed by atoms with van der Waals surface area (Å²) in [6.45, 7) is 0. The van der Waals surface area contributed by atoms with E-state index in [1.807, 2.05) is 0 Å². The Kier molecular flexibility index (Phi) is 5.17. The highest BCUT2D eigenvalue weighted by Gasteiger charge is 2.16. The minimum atomic E-state index is -1.42. The van der Waals surface area contributed by atoms with Crippen LogP contribution in [0.2, 0.25) is 10.0 Å². The van der Waals surface area contributed by atoms with Crippen LogP contribution in [0.25, 0.3) is 0 Å². The molecule has 0 saturated carbocycles. The third-order valence-corrected chi connectivity index (χ3v) is 5.58. The number of carbonyl (C=O) groups is 1. The Hall–Kier alpha value is -2.22. The smallest absolute Gasteiger partial charge is 0.271 e. The molecule has 1 unspecified atom stereocenters. The first-order valence-electron chi connectivity index (χ1n) is 7.11. The van der Waals surface area contributed by atoms with Gasteiger partial charge in [-0.1, -0.05) is 29.3 Å². The van der Waals surface area contributed by atoms with Gasteiger partial charge in [0.25, 0.3) is 5.91 Å². The van der Waals surface area contributed by atoms with Crippen LogP contribution in [-0.4, -0.2) is 25.5 Å². The lowest BCUT2D eigenvalue weighted by atomic mass is 10.1. The number of nitrogens with two attached hydrogens (primary N) is 1. The van der Waals surface area contributed by atoms with Crippen LogP contribution in [0, 0.1) is 0 Å². The fourth-order valence-corrected chi connectivity index (χ4v) is 3.86. The number of halogens is 2. The number of rotatable bonds is 5. The van der Waals surface area contributed by atoms with Crippen LogP contribution >= 0.6 is 23.2 Å². The molecule has 1 amide bonds. The quantitative estimate of drug-likeness (QED) is 0.694. The number of aromatic nitrogens is 3. The normalized spacial score (nSPS) is 12.1. The molecule has 6 nitrogen and oxygen atoms in total. The topological polar surface area (TPSA) is 102 Å². The van der Waals surface area contributed by atoms with Gasteiger partial charge in [-0.25, -0.2) is 4.21 Å². The molecule has 0 fully saturated rings. The summed E-state index contributed by atoms with van der Waals surface area (Å²) in [6, 6.07) is 11.9. The Morgan fingerprint density at radius 1 is 1.12 bits per heavy atom. The Balaban J connectivity index is 1.85. The average Bonchev–Trinajstić information content (AvgIpc) is 3.03. The second-order valence-electron chi connectivity index (χ2n) is 5.15. The third kappa shape index (κ3) is 3.89. The summed E-state index contributed by atoms with van der Waals surface area (Å²) in [7, 11) is -1.42. The number of amides is 1. The maximum Gasteiger partial charge on any atom is 0.271 e. The second-order valence-corrected chi connectivity index (χ2v) is 7.44. The Labute approximate surface area is 155 Å². The summed E-state index contributed by atoms with van der Waals surface area (Å²) in [5.74, 6) is -0.657. The molecule has 0 aliphatic heterocycles. The van der Waals surface area contributed by atoms with E-state index in [0.717, 1.165) is 5.56 Å². The lowest BCUT2D eigenvalue weighted by molar-refractivity contribution is 0.0994. The number of nitrogens with zero attached hydrogens (tertiary/aromatic N) is 2. The van der Waals surface area contributed by atoms with E-state index >= 15 is 0 Å². The molecular formula is C16H12Cl2N4O2S. The summed E-state index contributed by atoms with van der Waals surface area (Å²) in [4.78, 5) is 12.4. The Morgan fingerprint density at radius 3 is 2.48 bits per heavy atom. The van der Waals surface area contributed by atoms with Gasteiger partial charge in [-0.05, 0) is 42.0 Å². The predicted molar refractivity (Wildman–Crippen MR) is 95.3 cm³/mol. The first-order chi connectivity index (χ1) is 12.0. The van der Waals surface area contributed by atoms with Crippen molar-refractivity contribution in [1.29, 1.82) is 0 Å². The highest BCUT2D eigenvalue weighted by Crippen LogP contribution is 2.27. The van der Waals surface area contributed by atoms with E-state index in [1.54, 1.807) is 42.5 Å². The molecule has 0 aliphatic rings. The first-order valence-corrected chi connectivity index (χ1v) is 9.01. The first kappa shape index (κ1) is 17.6. The van der Waals surface area contributed by atoms with Crippen molar-refractivity contribution in [2.45, 2.75) is 16.2 Å². The minimum absolute atomic E-state index is 0.0879. The van der Waals surface area contributed by atoms with Crippen molar-refractivity contribution in [2.75, 3.05) is 0 Å². The number of hydrogen-bond acceptors (Lipinski definition) is 4. The number of aromatic amines is 1. The van der Waals surface area contributed by atoms with Crippen molar-refractivity contribution < 1.29 is 9.00 Å². The van der Waals surface area contributed by atoms with Crippen molar-refractivity contribution >= 4 is 39.9 Å². The molecule has 3 rings (SSSR count). The van der Waals surface area contributed by atoms with Crippen LogP contribution in [0.1, 0.15) is 21.7 Å². The van der Waals surface area contributed by atoms with Gasteiger partial charge in [0, 0.05) is 16.3 Å². The molecule has 3 N–H and O–H groups in total. The molecule has 3 aromatic rings. The number of H-pyrrole nitrogens is 1. The maximum atomic E-state index is 12.6. The van der Waals surface area contributed by atoms with Gasteiger partial charge in [0.15, 0.2) is 5.69 Å². The van der Waals surface area contributed by atoms with Crippen LogP contribution in [-0.2, 0) is 17.2 Å². The van der Waals surface area contributed by atoms with E-state index in [-0.39, 0.29) is 5.69 Å². The zero-order chi connectivity index (χ0) is 18.0. The van der Waals surface area contributed by atoms with Gasteiger partial charge in [0.05, 0.1) is 26.4 Å². The number of hydrogen-bond donors (Lipinski definition) is 2. The largest absolute Gasteiger partial charge is 0.364 e. The van der Waals surface area contributed by atoms with E-state index in [0.29, 0.717) is 32.0 Å². The van der Waals surface area contributed by atoms with Crippen LogP contribution in [0.4, 0.5) is 0 Å². The maximum absolute atomic E-state index is 12.6. The lowest BCUT2D eigenvalue weighted by Crippen LogP contribution is -2.14. The molecule has 0 aliphatic carbocycles. The van der Waals surface area contributed by atoms with Crippen LogP contribution in [0.5, 0.6) is 0 Å². The van der Waals surface area contributed by atoms with Gasteiger partial charge < -0.3 is 5.73 Å². The molecular weight excluding hydrogens is 383 g/mol. The molecule has 0 radical (unpaired) electrons. The summed E-state index contributed by atoms with van der Waals surface area (Å²) < 4.78 is 12.6. The van der Waals surface area contributed by atoms with E-state index in [9.17, 15) is 9.00 Å². The molecule has 25 heavy (non-hydrogen) atoms. The number of primary amides is 1. The van der Waals surface area contributed by atoms with Crippen molar-refractivity contribution in [3.63, 3.8) is 0 Å². The average molecular weight is 395 g/mol. The van der Waals surface area contributed by atoms with Crippen LogP contribution in [0.15, 0.2) is 52.3 Å². The summed E-state index contributed by atoms with van der Waals surface area (Å²) >= 11 is 12.1. The van der Waals surface area contributed by atoms with Crippen LogP contribution in [0.3, 0.4) is 0 Å². The molecule has 0 spiro atoms. The molecule has 0 bridgehead atoms. The molecule has 2 aromatic carbocycles. The minimum Gasteiger partial charge on any atom is -0.364 e. The van der Waals surface area contributed by atoms with Gasteiger partial charge in [0.2, 0.25) is 0 Å². The van der Waals surface area contributed by atoms with Gasteiger partial charge >= 0.3 is 0 Å². The molecule has 1 atom stereocenters. The highest BCUT2D eigenvalue weighted by molar-refractivity contribution is 7.85. The van der Waals surface area contributed by atoms with Gasteiger partial charge in [-0.3, -0.25) is 4.79 Å². The highest BCUT2D eigenvalue weighted by atomic mass is 35.5. The fraction of sp³-hybridized carbons (Fsp3) is 0.0625. The van der Waals surface area contributed by atoms with Gasteiger partial charge in [-0.15, -0.1) is 0 Å². The SMILES string of the molecule is NC(=O)c1n[nH]nc1Cc1ccc(S(=O)c2ccc(Cl)cc2)c(Cl)c1. The van der Waals surface area contributed by atoms with E-state index in [1.165, 1.54) is 0 Å². The zero-order valence-corrected chi connectivity index (χ0v) is 15.0. The molecule has 1 heterocycles.